The molecule has 1 aromatic carbocycles. The standard InChI is InChI=1S/C21H30N2O3/c1-23(2)19(21-11-6-12-25-21)14-22-13-17(24)15-26-20-10-5-8-16-7-3-4-9-18(16)20/h3-4,6-7,9,11-12,17,19-20,22,24H,5,8,10,13-15H2,1-2H3/t17-,19-,20+/m1/s1. The quantitative estimate of drug-likeness (QED) is 0.722. The minimum absolute atomic E-state index is 0.104. The van der Waals surface area contributed by atoms with Crippen LogP contribution in [0.15, 0.2) is 47.1 Å². The fraction of sp³-hybridized carbons (Fsp3) is 0.524. The van der Waals surface area contributed by atoms with Crippen molar-refractivity contribution in [1.29, 1.82) is 0 Å². The molecule has 1 aromatic heterocycles. The van der Waals surface area contributed by atoms with Crippen molar-refractivity contribution >= 4 is 0 Å². The number of nitrogens with one attached hydrogen (secondary N) is 1. The van der Waals surface area contributed by atoms with Crippen LogP contribution < -0.4 is 5.32 Å². The molecule has 0 bridgehead atoms. The number of hydrogen-bond donors (Lipinski definition) is 2. The minimum Gasteiger partial charge on any atom is -0.468 e. The summed E-state index contributed by atoms with van der Waals surface area (Å²) < 4.78 is 11.5. The van der Waals surface area contributed by atoms with Gasteiger partial charge in [-0.15, -0.1) is 0 Å². The largest absolute Gasteiger partial charge is 0.468 e. The predicted octanol–water partition coefficient (Wildman–Crippen LogP) is 2.93. The molecule has 0 fully saturated rings. The van der Waals surface area contributed by atoms with E-state index in [4.69, 9.17) is 9.15 Å². The van der Waals surface area contributed by atoms with Crippen molar-refractivity contribution in [2.75, 3.05) is 33.8 Å². The van der Waals surface area contributed by atoms with Crippen molar-refractivity contribution in [2.24, 2.45) is 0 Å². The highest BCUT2D eigenvalue weighted by Gasteiger charge is 2.21. The summed E-state index contributed by atoms with van der Waals surface area (Å²) in [5.41, 5.74) is 2.66. The topological polar surface area (TPSA) is 57.9 Å². The van der Waals surface area contributed by atoms with Gasteiger partial charge in [0.05, 0.1) is 31.1 Å². The Morgan fingerprint density at radius 1 is 1.23 bits per heavy atom. The van der Waals surface area contributed by atoms with Gasteiger partial charge in [-0.3, -0.25) is 4.90 Å². The van der Waals surface area contributed by atoms with Crippen molar-refractivity contribution in [2.45, 2.75) is 37.5 Å². The summed E-state index contributed by atoms with van der Waals surface area (Å²) in [6.07, 6.45) is 4.56. The Hall–Kier alpha value is -1.66. The molecule has 0 spiro atoms. The van der Waals surface area contributed by atoms with Gasteiger partial charge in [-0.05, 0) is 56.6 Å². The fourth-order valence-electron chi connectivity index (χ4n) is 3.57. The van der Waals surface area contributed by atoms with E-state index in [2.05, 4.69) is 34.5 Å². The summed E-state index contributed by atoms with van der Waals surface area (Å²) in [6.45, 7) is 1.56. The molecule has 26 heavy (non-hydrogen) atoms. The average molecular weight is 358 g/mol. The summed E-state index contributed by atoms with van der Waals surface area (Å²) in [6, 6.07) is 12.5. The Balaban J connectivity index is 1.43. The summed E-state index contributed by atoms with van der Waals surface area (Å²) >= 11 is 0. The maximum absolute atomic E-state index is 10.3. The van der Waals surface area contributed by atoms with E-state index in [0.29, 0.717) is 19.7 Å². The molecule has 2 aromatic rings. The number of aryl methyl sites for hydroxylation is 1. The maximum Gasteiger partial charge on any atom is 0.122 e. The number of nitrogens with zero attached hydrogens (tertiary/aromatic N) is 1. The Kier molecular flexibility index (Phi) is 6.86. The fourth-order valence-corrected chi connectivity index (χ4v) is 3.57. The summed E-state index contributed by atoms with van der Waals surface area (Å²) in [4.78, 5) is 2.10. The SMILES string of the molecule is CN(C)[C@H](CNC[C@@H](O)CO[C@H]1CCCc2ccccc21)c1ccco1. The van der Waals surface area contributed by atoms with Gasteiger partial charge >= 0.3 is 0 Å². The number of aliphatic hydroxyl groups excluding tert-OH is 1. The molecule has 0 saturated heterocycles. The maximum atomic E-state index is 10.3. The zero-order valence-electron chi connectivity index (χ0n) is 15.7. The van der Waals surface area contributed by atoms with Crippen molar-refractivity contribution < 1.29 is 14.3 Å². The minimum atomic E-state index is -0.525. The predicted molar refractivity (Wildman–Crippen MR) is 102 cm³/mol. The summed E-state index contributed by atoms with van der Waals surface area (Å²) in [5, 5.41) is 13.6. The molecule has 1 aliphatic carbocycles. The third-order valence-corrected chi connectivity index (χ3v) is 5.02. The van der Waals surface area contributed by atoms with Crippen LogP contribution in [0.25, 0.3) is 0 Å². The highest BCUT2D eigenvalue weighted by atomic mass is 16.5. The molecule has 1 heterocycles. The highest BCUT2D eigenvalue weighted by Crippen LogP contribution is 2.32. The number of ether oxygens (including phenoxy) is 1. The highest BCUT2D eigenvalue weighted by molar-refractivity contribution is 5.31. The Morgan fingerprint density at radius 2 is 2.08 bits per heavy atom. The Morgan fingerprint density at radius 3 is 2.85 bits per heavy atom. The van der Waals surface area contributed by atoms with Gasteiger partial charge in [-0.25, -0.2) is 0 Å². The van der Waals surface area contributed by atoms with Crippen LogP contribution in [0.2, 0.25) is 0 Å². The van der Waals surface area contributed by atoms with Gasteiger partial charge in [-0.1, -0.05) is 24.3 Å². The zero-order chi connectivity index (χ0) is 18.4. The first-order valence-electron chi connectivity index (χ1n) is 9.43. The lowest BCUT2D eigenvalue weighted by molar-refractivity contribution is -0.0170. The van der Waals surface area contributed by atoms with Gasteiger partial charge in [0.2, 0.25) is 0 Å². The first-order chi connectivity index (χ1) is 12.6. The zero-order valence-corrected chi connectivity index (χ0v) is 15.7. The number of hydrogen-bond acceptors (Lipinski definition) is 5. The van der Waals surface area contributed by atoms with Crippen molar-refractivity contribution in [3.05, 3.63) is 59.5 Å². The Bertz CT molecular complexity index is 657. The summed E-state index contributed by atoms with van der Waals surface area (Å²) in [5.74, 6) is 0.923. The molecule has 0 saturated carbocycles. The van der Waals surface area contributed by atoms with E-state index < -0.39 is 6.10 Å². The number of likely N-dealkylation sites (N-methyl/N-ethyl adjacent to an activating group) is 1. The molecule has 2 N–H and O–H groups in total. The second-order valence-corrected chi connectivity index (χ2v) is 7.22. The second kappa shape index (κ2) is 9.33. The van der Waals surface area contributed by atoms with Crippen LogP contribution >= 0.6 is 0 Å². The number of fused-ring (bicyclic) bond motifs is 1. The van der Waals surface area contributed by atoms with E-state index in [9.17, 15) is 5.11 Å². The number of aliphatic hydroxyl groups is 1. The van der Waals surface area contributed by atoms with Crippen LogP contribution in [-0.4, -0.2) is 49.9 Å². The molecule has 5 heteroatoms. The van der Waals surface area contributed by atoms with E-state index in [1.165, 1.54) is 11.1 Å². The molecule has 3 rings (SSSR count). The third kappa shape index (κ3) is 4.95. The number of rotatable bonds is 9. The second-order valence-electron chi connectivity index (χ2n) is 7.22. The van der Waals surface area contributed by atoms with Crippen LogP contribution in [0.5, 0.6) is 0 Å². The van der Waals surface area contributed by atoms with Gasteiger partial charge in [0.1, 0.15) is 5.76 Å². The smallest absolute Gasteiger partial charge is 0.122 e. The molecule has 0 aliphatic heterocycles. The van der Waals surface area contributed by atoms with Gasteiger partial charge in [0.25, 0.3) is 0 Å². The lowest BCUT2D eigenvalue weighted by Gasteiger charge is -2.27. The first-order valence-corrected chi connectivity index (χ1v) is 9.43. The van der Waals surface area contributed by atoms with E-state index in [0.717, 1.165) is 25.0 Å². The van der Waals surface area contributed by atoms with Crippen LogP contribution in [0.3, 0.4) is 0 Å². The molecule has 1 aliphatic rings. The van der Waals surface area contributed by atoms with E-state index >= 15 is 0 Å². The van der Waals surface area contributed by atoms with Gasteiger partial charge < -0.3 is 19.6 Å². The lowest BCUT2D eigenvalue weighted by Crippen LogP contribution is -2.36. The number of benzene rings is 1. The van der Waals surface area contributed by atoms with Gasteiger partial charge in [0, 0.05) is 13.1 Å². The molecular formula is C21H30N2O3. The third-order valence-electron chi connectivity index (χ3n) is 5.02. The van der Waals surface area contributed by atoms with Crippen LogP contribution in [-0.2, 0) is 11.2 Å². The van der Waals surface area contributed by atoms with Crippen molar-refractivity contribution in [1.82, 2.24) is 10.2 Å². The van der Waals surface area contributed by atoms with E-state index in [-0.39, 0.29) is 12.1 Å². The first kappa shape index (κ1) is 19.1. The normalized spacial score (nSPS) is 19.3. The molecule has 0 amide bonds. The van der Waals surface area contributed by atoms with Crippen molar-refractivity contribution in [3.8, 4) is 0 Å². The molecule has 0 unspecified atom stereocenters. The molecule has 142 valence electrons. The molecular weight excluding hydrogens is 328 g/mol. The van der Waals surface area contributed by atoms with Crippen molar-refractivity contribution in [3.63, 3.8) is 0 Å². The van der Waals surface area contributed by atoms with Crippen LogP contribution in [0.4, 0.5) is 0 Å². The van der Waals surface area contributed by atoms with Crippen LogP contribution in [0.1, 0.15) is 41.9 Å². The van der Waals surface area contributed by atoms with E-state index in [1.807, 2.05) is 26.2 Å². The summed E-state index contributed by atoms with van der Waals surface area (Å²) in [7, 11) is 4.05. The average Bonchev–Trinajstić information content (AvgIpc) is 3.17. The van der Waals surface area contributed by atoms with Crippen LogP contribution in [0, 0.1) is 0 Å². The van der Waals surface area contributed by atoms with Gasteiger partial charge in [-0.2, -0.15) is 0 Å². The molecule has 5 nitrogen and oxygen atoms in total. The van der Waals surface area contributed by atoms with E-state index in [1.54, 1.807) is 6.26 Å². The Labute approximate surface area is 156 Å². The van der Waals surface area contributed by atoms with Gasteiger partial charge in [0.15, 0.2) is 0 Å². The molecule has 0 radical (unpaired) electrons. The number of furan rings is 1. The monoisotopic (exact) mass is 358 g/mol. The molecule has 3 atom stereocenters. The lowest BCUT2D eigenvalue weighted by atomic mass is 9.89.